The lowest BCUT2D eigenvalue weighted by atomic mass is 10.0. The van der Waals surface area contributed by atoms with Gasteiger partial charge in [0.05, 0.1) is 39.1 Å². The number of carbonyl (C=O) groups is 6. The third-order valence-electron chi connectivity index (χ3n) is 6.53. The van der Waals surface area contributed by atoms with Gasteiger partial charge in [0.2, 0.25) is 11.8 Å². The van der Waals surface area contributed by atoms with Crippen LogP contribution in [-0.2, 0) is 47.7 Å². The number of carbonyl (C=O) groups excluding carboxylic acids is 3. The van der Waals surface area contributed by atoms with E-state index in [-0.39, 0.29) is 76.8 Å². The largest absolute Gasteiger partial charge is 0.481 e. The zero-order valence-corrected chi connectivity index (χ0v) is 33.4. The van der Waals surface area contributed by atoms with Gasteiger partial charge < -0.3 is 44.9 Å². The van der Waals surface area contributed by atoms with Crippen LogP contribution in [0.1, 0.15) is 85.0 Å². The Morgan fingerprint density at radius 1 is 0.538 bits per heavy atom. The Hall–Kier alpha value is -2.25. The lowest BCUT2D eigenvalue weighted by Gasteiger charge is -2.34. The summed E-state index contributed by atoms with van der Waals surface area (Å²) in [5, 5.41) is 32.2. The summed E-state index contributed by atoms with van der Waals surface area (Å²) in [5.74, 6) is -0.0507. The van der Waals surface area contributed by atoms with Crippen molar-refractivity contribution in [1.29, 1.82) is 0 Å². The number of rotatable bonds is 35. The topological polar surface area (TPSA) is 224 Å². The van der Waals surface area contributed by atoms with Gasteiger partial charge in [0, 0.05) is 62.9 Å². The van der Waals surface area contributed by atoms with Crippen molar-refractivity contribution in [3.05, 3.63) is 0 Å². The molecule has 5 N–H and O–H groups in total. The van der Waals surface area contributed by atoms with Crippen molar-refractivity contribution in [2.75, 3.05) is 80.7 Å². The fraction of sp³-hybridized carbons (Fsp3) is 0.824. The number of carboxylic acids is 3. The minimum atomic E-state index is -1.09. The van der Waals surface area contributed by atoms with E-state index in [9.17, 15) is 28.8 Å². The number of ether oxygens (including phenoxy) is 4. The standard InChI is InChI=1S/C34H60N2O13S3/c1-33(2,3)49-32(45)8-4-14-35-27(37)9-10-28(38)36-34(24-46-15-5-18-50-21-11-29(39)40,25-47-16-6-19-51-22-12-30(41)42)26-48-17-7-20-52-23-13-31(43)44/h4-26H2,1-3H3,(H,35,37)(H,36,38)(H,39,40)(H,41,42)(H,43,44). The minimum absolute atomic E-state index is 0.0517. The van der Waals surface area contributed by atoms with Gasteiger partial charge in [-0.3, -0.25) is 28.8 Å². The first-order chi connectivity index (χ1) is 24.6. The molecule has 15 nitrogen and oxygen atoms in total. The number of esters is 1. The van der Waals surface area contributed by atoms with Crippen LogP contribution in [0.15, 0.2) is 0 Å². The van der Waals surface area contributed by atoms with Crippen molar-refractivity contribution in [3.63, 3.8) is 0 Å². The third kappa shape index (κ3) is 33.6. The van der Waals surface area contributed by atoms with Crippen molar-refractivity contribution in [2.45, 2.75) is 96.1 Å². The molecule has 2 amide bonds. The molecule has 0 fully saturated rings. The summed E-state index contributed by atoms with van der Waals surface area (Å²) < 4.78 is 23.2. The van der Waals surface area contributed by atoms with E-state index in [0.29, 0.717) is 80.0 Å². The predicted octanol–water partition coefficient (Wildman–Crippen LogP) is 3.70. The van der Waals surface area contributed by atoms with Crippen molar-refractivity contribution in [2.24, 2.45) is 0 Å². The predicted molar refractivity (Wildman–Crippen MR) is 203 cm³/mol. The normalized spacial score (nSPS) is 11.6. The molecule has 0 spiro atoms. The van der Waals surface area contributed by atoms with Gasteiger partial charge in [-0.15, -0.1) is 0 Å². The highest BCUT2D eigenvalue weighted by molar-refractivity contribution is 7.99. The van der Waals surface area contributed by atoms with Gasteiger partial charge in [-0.2, -0.15) is 35.3 Å². The van der Waals surface area contributed by atoms with E-state index in [0.717, 1.165) is 0 Å². The molecule has 0 bridgehead atoms. The SMILES string of the molecule is CC(C)(C)OC(=O)CCCNC(=O)CCC(=O)NC(COCCCSCCC(=O)O)(COCCCSCCC(=O)O)COCCCSCCC(=O)O. The maximum Gasteiger partial charge on any atom is 0.306 e. The summed E-state index contributed by atoms with van der Waals surface area (Å²) >= 11 is 4.54. The Bertz CT molecular complexity index is 971. The van der Waals surface area contributed by atoms with Crippen LogP contribution in [0.2, 0.25) is 0 Å². The Kier molecular flexibility index (Phi) is 29.8. The lowest BCUT2D eigenvalue weighted by molar-refractivity contribution is -0.155. The summed E-state index contributed by atoms with van der Waals surface area (Å²) in [6.45, 7) is 6.81. The Morgan fingerprint density at radius 2 is 0.942 bits per heavy atom. The molecule has 0 heterocycles. The second-order valence-electron chi connectivity index (χ2n) is 12.9. The Labute approximate surface area is 320 Å². The maximum absolute atomic E-state index is 13.2. The van der Waals surface area contributed by atoms with Gasteiger partial charge >= 0.3 is 23.9 Å². The van der Waals surface area contributed by atoms with Gasteiger partial charge in [0.15, 0.2) is 0 Å². The number of amides is 2. The smallest absolute Gasteiger partial charge is 0.306 e. The number of aliphatic carboxylic acids is 3. The number of hydrogen-bond acceptors (Lipinski definition) is 13. The molecule has 0 aliphatic rings. The summed E-state index contributed by atoms with van der Waals surface area (Å²) in [5.41, 5.74) is -1.68. The molecule has 0 aliphatic carbocycles. The van der Waals surface area contributed by atoms with E-state index in [1.165, 1.54) is 35.3 Å². The maximum atomic E-state index is 13.2. The number of carboxylic acid groups (broad SMARTS) is 3. The van der Waals surface area contributed by atoms with E-state index >= 15 is 0 Å². The molecule has 0 aromatic carbocycles. The van der Waals surface area contributed by atoms with E-state index in [1.807, 2.05) is 0 Å². The second-order valence-corrected chi connectivity index (χ2v) is 16.5. The van der Waals surface area contributed by atoms with E-state index in [1.54, 1.807) is 20.8 Å². The molecule has 0 rings (SSSR count). The molecule has 302 valence electrons. The van der Waals surface area contributed by atoms with E-state index in [2.05, 4.69) is 10.6 Å². The van der Waals surface area contributed by atoms with Crippen LogP contribution in [0.25, 0.3) is 0 Å². The number of thioether (sulfide) groups is 3. The molecular formula is C34H60N2O13S3. The molecule has 0 aromatic rings. The van der Waals surface area contributed by atoms with Gasteiger partial charge in [-0.1, -0.05) is 0 Å². The van der Waals surface area contributed by atoms with Crippen molar-refractivity contribution >= 4 is 71.0 Å². The minimum Gasteiger partial charge on any atom is -0.481 e. The number of hydrogen-bond donors (Lipinski definition) is 5. The number of nitrogens with one attached hydrogen (secondary N) is 2. The van der Waals surface area contributed by atoms with Crippen molar-refractivity contribution < 1.29 is 63.0 Å². The van der Waals surface area contributed by atoms with Crippen LogP contribution in [-0.4, -0.2) is 143 Å². The molecular weight excluding hydrogens is 741 g/mol. The molecule has 0 atom stereocenters. The molecule has 0 aromatic heterocycles. The Balaban J connectivity index is 5.28. The summed E-state index contributed by atoms with van der Waals surface area (Å²) in [6.07, 6.45) is 2.58. The zero-order valence-electron chi connectivity index (χ0n) is 30.9. The first-order valence-corrected chi connectivity index (χ1v) is 21.0. The Morgan fingerprint density at radius 3 is 1.33 bits per heavy atom. The first kappa shape index (κ1) is 49.8. The highest BCUT2D eigenvalue weighted by atomic mass is 32.2. The molecule has 0 saturated carbocycles. The molecule has 52 heavy (non-hydrogen) atoms. The van der Waals surface area contributed by atoms with Crippen molar-refractivity contribution in [1.82, 2.24) is 10.6 Å². The molecule has 0 unspecified atom stereocenters. The van der Waals surface area contributed by atoms with Crippen LogP contribution in [0.4, 0.5) is 0 Å². The fourth-order valence-electron chi connectivity index (χ4n) is 4.14. The second kappa shape index (κ2) is 31.1. The monoisotopic (exact) mass is 800 g/mol. The fourth-order valence-corrected chi connectivity index (χ4v) is 6.67. The highest BCUT2D eigenvalue weighted by Gasteiger charge is 2.34. The van der Waals surface area contributed by atoms with E-state index in [4.69, 9.17) is 34.3 Å². The molecule has 0 aliphatic heterocycles. The van der Waals surface area contributed by atoms with Crippen LogP contribution >= 0.6 is 35.3 Å². The average Bonchev–Trinajstić information content (AvgIpc) is 3.04. The van der Waals surface area contributed by atoms with E-state index < -0.39 is 35.0 Å². The first-order valence-electron chi connectivity index (χ1n) is 17.6. The molecule has 18 heteroatoms. The average molecular weight is 801 g/mol. The van der Waals surface area contributed by atoms with Gasteiger partial charge in [0.1, 0.15) is 11.1 Å². The molecule has 0 saturated heterocycles. The van der Waals surface area contributed by atoms with Crippen LogP contribution in [0.3, 0.4) is 0 Å². The highest BCUT2D eigenvalue weighted by Crippen LogP contribution is 2.14. The lowest BCUT2D eigenvalue weighted by Crippen LogP contribution is -2.58. The van der Waals surface area contributed by atoms with Gasteiger partial charge in [-0.05, 0) is 63.7 Å². The zero-order chi connectivity index (χ0) is 39.1. The summed E-state index contributed by atoms with van der Waals surface area (Å²) in [6, 6.07) is 0. The summed E-state index contributed by atoms with van der Waals surface area (Å²) in [4.78, 5) is 69.9. The van der Waals surface area contributed by atoms with Gasteiger partial charge in [-0.25, -0.2) is 0 Å². The van der Waals surface area contributed by atoms with Gasteiger partial charge in [0.25, 0.3) is 0 Å². The summed E-state index contributed by atoms with van der Waals surface area (Å²) in [7, 11) is 0. The quantitative estimate of drug-likeness (QED) is 0.0455. The van der Waals surface area contributed by atoms with Crippen LogP contribution in [0.5, 0.6) is 0 Å². The van der Waals surface area contributed by atoms with Crippen LogP contribution in [0, 0.1) is 0 Å². The van der Waals surface area contributed by atoms with Crippen molar-refractivity contribution in [3.8, 4) is 0 Å². The van der Waals surface area contributed by atoms with Crippen LogP contribution < -0.4 is 10.6 Å². The third-order valence-corrected chi connectivity index (χ3v) is 9.74. The molecule has 0 radical (unpaired) electrons.